The minimum Gasteiger partial charge on any atom is -0.326 e. The lowest BCUT2D eigenvalue weighted by Gasteiger charge is -2.03. The van der Waals surface area contributed by atoms with E-state index in [2.05, 4.69) is 20.4 Å². The predicted molar refractivity (Wildman–Crippen MR) is 67.0 cm³/mol. The van der Waals surface area contributed by atoms with Gasteiger partial charge in [-0.1, -0.05) is 6.07 Å². The Balaban J connectivity index is 2.01. The molecule has 0 aliphatic rings. The first kappa shape index (κ1) is 11.1. The Labute approximate surface area is 107 Å². The molecule has 0 unspecified atom stereocenters. The van der Waals surface area contributed by atoms with Crippen LogP contribution in [0.4, 0.5) is 0 Å². The second-order valence-electron chi connectivity index (χ2n) is 3.58. The van der Waals surface area contributed by atoms with E-state index in [4.69, 9.17) is 5.73 Å². The summed E-state index contributed by atoms with van der Waals surface area (Å²) in [5.41, 5.74) is 7.42. The molecule has 7 heteroatoms. The Morgan fingerprint density at radius 2 is 2.11 bits per heavy atom. The van der Waals surface area contributed by atoms with Crippen LogP contribution in [0.15, 0.2) is 46.8 Å². The fraction of sp³-hybridized carbons (Fsp3) is 0.0909. The van der Waals surface area contributed by atoms with Crippen molar-refractivity contribution in [1.82, 2.24) is 24.8 Å². The molecule has 0 radical (unpaired) electrons. The molecule has 6 nitrogen and oxygen atoms in total. The Morgan fingerprint density at radius 3 is 3.00 bits per heavy atom. The van der Waals surface area contributed by atoms with E-state index in [1.54, 1.807) is 6.20 Å². The summed E-state index contributed by atoms with van der Waals surface area (Å²) in [6, 6.07) is 7.61. The molecule has 0 saturated carbocycles. The summed E-state index contributed by atoms with van der Waals surface area (Å²) in [7, 11) is 0. The highest BCUT2D eigenvalue weighted by atomic mass is 32.2. The quantitative estimate of drug-likeness (QED) is 0.758. The highest BCUT2D eigenvalue weighted by Crippen LogP contribution is 2.26. The first-order valence-electron chi connectivity index (χ1n) is 5.37. The first-order chi connectivity index (χ1) is 8.88. The summed E-state index contributed by atoms with van der Waals surface area (Å²) >= 11 is 1.41. The van der Waals surface area contributed by atoms with Crippen LogP contribution in [0.25, 0.3) is 5.65 Å². The number of fused-ring (bicyclic) bond motifs is 1. The third-order valence-electron chi connectivity index (χ3n) is 2.46. The first-order valence-corrected chi connectivity index (χ1v) is 6.18. The summed E-state index contributed by atoms with van der Waals surface area (Å²) in [6.45, 7) is 0.425. The molecular formula is C11H10N6S. The maximum absolute atomic E-state index is 5.67. The molecule has 0 spiro atoms. The number of hydrogen-bond acceptors (Lipinski definition) is 6. The van der Waals surface area contributed by atoms with Gasteiger partial charge >= 0.3 is 0 Å². The van der Waals surface area contributed by atoms with Crippen molar-refractivity contribution in [3.05, 3.63) is 42.2 Å². The van der Waals surface area contributed by atoms with E-state index < -0.39 is 0 Å². The molecule has 0 aromatic carbocycles. The monoisotopic (exact) mass is 258 g/mol. The second kappa shape index (κ2) is 4.71. The van der Waals surface area contributed by atoms with E-state index in [0.29, 0.717) is 6.54 Å². The van der Waals surface area contributed by atoms with Crippen LogP contribution in [0.1, 0.15) is 5.56 Å². The van der Waals surface area contributed by atoms with Crippen LogP contribution >= 0.6 is 11.8 Å². The van der Waals surface area contributed by atoms with Gasteiger partial charge in [0.15, 0.2) is 5.65 Å². The molecular weight excluding hydrogens is 248 g/mol. The van der Waals surface area contributed by atoms with E-state index in [9.17, 15) is 0 Å². The molecule has 0 atom stereocenters. The Bertz CT molecular complexity index is 680. The van der Waals surface area contributed by atoms with Crippen LogP contribution in [0.5, 0.6) is 0 Å². The average Bonchev–Trinajstić information content (AvgIpc) is 2.83. The Kier molecular flexibility index (Phi) is 2.91. The van der Waals surface area contributed by atoms with Crippen LogP contribution in [0.3, 0.4) is 0 Å². The van der Waals surface area contributed by atoms with Crippen LogP contribution in [-0.2, 0) is 6.54 Å². The van der Waals surface area contributed by atoms with Crippen molar-refractivity contribution in [2.24, 2.45) is 5.73 Å². The van der Waals surface area contributed by atoms with Gasteiger partial charge in [-0.05, 0) is 30.0 Å². The summed E-state index contributed by atoms with van der Waals surface area (Å²) in [4.78, 5) is 0. The third kappa shape index (κ3) is 1.93. The predicted octanol–water partition coefficient (Wildman–Crippen LogP) is 1.13. The van der Waals surface area contributed by atoms with Crippen LogP contribution < -0.4 is 5.73 Å². The zero-order valence-corrected chi connectivity index (χ0v) is 10.2. The minimum atomic E-state index is 0.425. The zero-order valence-electron chi connectivity index (χ0n) is 9.39. The fourth-order valence-electron chi connectivity index (χ4n) is 1.56. The van der Waals surface area contributed by atoms with Gasteiger partial charge in [0.1, 0.15) is 5.03 Å². The maximum atomic E-state index is 5.67. The lowest BCUT2D eigenvalue weighted by molar-refractivity contribution is 0.853. The van der Waals surface area contributed by atoms with Gasteiger partial charge in [0.2, 0.25) is 5.16 Å². The van der Waals surface area contributed by atoms with Crippen molar-refractivity contribution < 1.29 is 0 Å². The molecule has 0 fully saturated rings. The summed E-state index contributed by atoms with van der Waals surface area (Å²) in [5, 5.41) is 17.7. The molecule has 3 heterocycles. The molecule has 18 heavy (non-hydrogen) atoms. The van der Waals surface area contributed by atoms with Crippen molar-refractivity contribution in [2.75, 3.05) is 0 Å². The lowest BCUT2D eigenvalue weighted by atomic mass is 10.3. The van der Waals surface area contributed by atoms with Crippen molar-refractivity contribution in [2.45, 2.75) is 16.7 Å². The molecule has 90 valence electrons. The van der Waals surface area contributed by atoms with Gasteiger partial charge in [-0.15, -0.1) is 15.3 Å². The summed E-state index contributed by atoms with van der Waals surface area (Å²) < 4.78 is 1.90. The molecule has 3 aromatic heterocycles. The normalized spacial score (nSPS) is 10.9. The molecule has 3 rings (SSSR count). The highest BCUT2D eigenvalue weighted by Gasteiger charge is 2.10. The van der Waals surface area contributed by atoms with Gasteiger partial charge < -0.3 is 5.73 Å². The van der Waals surface area contributed by atoms with E-state index in [0.717, 1.165) is 21.4 Å². The Hall–Kier alpha value is -1.99. The number of aromatic nitrogens is 5. The number of rotatable bonds is 3. The van der Waals surface area contributed by atoms with Crippen molar-refractivity contribution in [3.63, 3.8) is 0 Å². The number of nitrogens with zero attached hydrogens (tertiary/aromatic N) is 5. The van der Waals surface area contributed by atoms with Crippen molar-refractivity contribution >= 4 is 17.4 Å². The number of nitrogens with two attached hydrogens (primary N) is 1. The van der Waals surface area contributed by atoms with Gasteiger partial charge in [0, 0.05) is 24.5 Å². The number of hydrogen-bond donors (Lipinski definition) is 1. The molecule has 0 saturated heterocycles. The van der Waals surface area contributed by atoms with Gasteiger partial charge in [0.25, 0.3) is 0 Å². The van der Waals surface area contributed by atoms with Gasteiger partial charge in [-0.2, -0.15) is 5.10 Å². The van der Waals surface area contributed by atoms with E-state index >= 15 is 0 Å². The SMILES string of the molecule is NCc1ccnnc1Sc1nnc2ccccn12. The fourth-order valence-corrected chi connectivity index (χ4v) is 2.44. The Morgan fingerprint density at radius 1 is 1.17 bits per heavy atom. The topological polar surface area (TPSA) is 82.0 Å². The summed E-state index contributed by atoms with van der Waals surface area (Å²) in [6.07, 6.45) is 3.55. The minimum absolute atomic E-state index is 0.425. The average molecular weight is 258 g/mol. The van der Waals surface area contributed by atoms with Gasteiger partial charge in [-0.3, -0.25) is 4.40 Å². The lowest BCUT2D eigenvalue weighted by Crippen LogP contribution is -2.01. The summed E-state index contributed by atoms with van der Waals surface area (Å²) in [5.74, 6) is 0. The largest absolute Gasteiger partial charge is 0.326 e. The van der Waals surface area contributed by atoms with Crippen LogP contribution in [0, 0.1) is 0 Å². The standard InChI is InChI=1S/C11H10N6S/c12-7-8-4-5-13-15-10(8)18-11-16-14-9-3-1-2-6-17(9)11/h1-6H,7,12H2. The smallest absolute Gasteiger partial charge is 0.201 e. The van der Waals surface area contributed by atoms with Crippen molar-refractivity contribution in [1.29, 1.82) is 0 Å². The molecule has 2 N–H and O–H groups in total. The highest BCUT2D eigenvalue weighted by molar-refractivity contribution is 7.99. The zero-order chi connectivity index (χ0) is 12.4. The van der Waals surface area contributed by atoms with Gasteiger partial charge in [0.05, 0.1) is 0 Å². The van der Waals surface area contributed by atoms with Gasteiger partial charge in [-0.25, -0.2) is 0 Å². The molecule has 0 aliphatic carbocycles. The van der Waals surface area contributed by atoms with E-state index in [1.165, 1.54) is 11.8 Å². The molecule has 3 aromatic rings. The van der Waals surface area contributed by atoms with Crippen LogP contribution in [0.2, 0.25) is 0 Å². The number of pyridine rings is 1. The molecule has 0 aliphatic heterocycles. The second-order valence-corrected chi connectivity index (χ2v) is 4.54. The van der Waals surface area contributed by atoms with E-state index in [-0.39, 0.29) is 0 Å². The third-order valence-corrected chi connectivity index (χ3v) is 3.45. The molecule has 0 bridgehead atoms. The maximum Gasteiger partial charge on any atom is 0.201 e. The van der Waals surface area contributed by atoms with Crippen LogP contribution in [-0.4, -0.2) is 24.8 Å². The van der Waals surface area contributed by atoms with E-state index in [1.807, 2.05) is 34.9 Å². The molecule has 0 amide bonds. The van der Waals surface area contributed by atoms with Crippen molar-refractivity contribution in [3.8, 4) is 0 Å².